The maximum atomic E-state index is 13.0. The molecule has 0 saturated heterocycles. The van der Waals surface area contributed by atoms with E-state index in [9.17, 15) is 14.4 Å². The monoisotopic (exact) mass is 501 g/mol. The van der Waals surface area contributed by atoms with E-state index in [-0.39, 0.29) is 24.5 Å². The van der Waals surface area contributed by atoms with Crippen LogP contribution in [0.2, 0.25) is 5.02 Å². The highest BCUT2D eigenvalue weighted by atomic mass is 35.5. The molecule has 2 atom stereocenters. The fourth-order valence-electron chi connectivity index (χ4n) is 3.39. The van der Waals surface area contributed by atoms with Gasteiger partial charge in [0.2, 0.25) is 0 Å². The van der Waals surface area contributed by atoms with E-state index in [2.05, 4.69) is 0 Å². The van der Waals surface area contributed by atoms with Crippen LogP contribution in [0.1, 0.15) is 37.9 Å². The molecule has 1 unspecified atom stereocenters. The lowest BCUT2D eigenvalue weighted by Gasteiger charge is -2.26. The molecule has 0 aliphatic heterocycles. The first-order valence-electron chi connectivity index (χ1n) is 11.0. The van der Waals surface area contributed by atoms with E-state index < -0.39 is 35.3 Å². The Hall–Kier alpha value is -3.36. The van der Waals surface area contributed by atoms with Gasteiger partial charge in [-0.05, 0) is 62.9 Å². The Labute approximate surface area is 208 Å². The highest BCUT2D eigenvalue weighted by molar-refractivity contribution is 6.30. The van der Waals surface area contributed by atoms with Crippen molar-refractivity contribution in [3.8, 4) is 11.1 Å². The second-order valence-corrected chi connectivity index (χ2v) is 9.55. The largest absolute Gasteiger partial charge is 0.519 e. The van der Waals surface area contributed by atoms with E-state index in [1.807, 2.05) is 42.5 Å². The smallest absolute Gasteiger partial charge is 0.460 e. The summed E-state index contributed by atoms with van der Waals surface area (Å²) in [7, 11) is 0. The van der Waals surface area contributed by atoms with E-state index in [4.69, 9.17) is 35.6 Å². The molecule has 9 heteroatoms. The number of ether oxygens (including phenoxy) is 2. The molecule has 2 N–H and O–H groups in total. The highest BCUT2D eigenvalue weighted by Crippen LogP contribution is 2.25. The molecule has 1 aromatic heterocycles. The number of hydrogen-bond donors (Lipinski definition) is 1. The van der Waals surface area contributed by atoms with E-state index >= 15 is 0 Å². The predicted octanol–water partition coefficient (Wildman–Crippen LogP) is 4.43. The molecular weight excluding hydrogens is 474 g/mol. The summed E-state index contributed by atoms with van der Waals surface area (Å²) in [4.78, 5) is 36.8. The zero-order valence-electron chi connectivity index (χ0n) is 20.0. The fraction of sp³-hybridized carbons (Fsp3) is 0.346. The minimum atomic E-state index is -1.31. The molecular formula is C26H28ClNO7. The van der Waals surface area contributed by atoms with Crippen LogP contribution in [0.15, 0.2) is 62.2 Å². The van der Waals surface area contributed by atoms with Crippen molar-refractivity contribution < 1.29 is 27.9 Å². The zero-order chi connectivity index (χ0) is 25.8. The van der Waals surface area contributed by atoms with E-state index in [1.54, 1.807) is 26.8 Å². The molecule has 0 spiro atoms. The molecule has 1 heterocycles. The number of carbonyl (C=O) groups excluding carboxylic acids is 2. The Bertz CT molecular complexity index is 1240. The number of aryl methyl sites for hydroxylation is 1. The van der Waals surface area contributed by atoms with Gasteiger partial charge in [0.25, 0.3) is 0 Å². The second kappa shape index (κ2) is 10.9. The van der Waals surface area contributed by atoms with E-state index in [0.29, 0.717) is 5.02 Å². The summed E-state index contributed by atoms with van der Waals surface area (Å²) in [6.07, 6.45) is 0.154. The van der Waals surface area contributed by atoms with Crippen LogP contribution in [0, 0.1) is 12.8 Å². The number of rotatable bonds is 8. The van der Waals surface area contributed by atoms with Crippen molar-refractivity contribution in [2.24, 2.45) is 11.7 Å². The average molecular weight is 502 g/mol. The molecule has 3 aromatic rings. The van der Waals surface area contributed by atoms with Gasteiger partial charge in [-0.1, -0.05) is 48.0 Å². The van der Waals surface area contributed by atoms with Crippen LogP contribution in [0.25, 0.3) is 11.1 Å². The highest BCUT2D eigenvalue weighted by Gasteiger charge is 2.35. The lowest BCUT2D eigenvalue weighted by Crippen LogP contribution is -2.46. The van der Waals surface area contributed by atoms with Crippen LogP contribution >= 0.6 is 11.6 Å². The quantitative estimate of drug-likeness (QED) is 0.450. The van der Waals surface area contributed by atoms with Crippen molar-refractivity contribution in [1.29, 1.82) is 0 Å². The van der Waals surface area contributed by atoms with Crippen LogP contribution in [-0.2, 0) is 32.1 Å². The molecule has 0 radical (unpaired) electrons. The minimum absolute atomic E-state index is 0.0703. The number of nitrogens with two attached hydrogens (primary N) is 1. The maximum absolute atomic E-state index is 13.0. The van der Waals surface area contributed by atoms with Crippen molar-refractivity contribution in [3.05, 3.63) is 81.3 Å². The molecule has 0 bridgehead atoms. The van der Waals surface area contributed by atoms with E-state index in [0.717, 1.165) is 16.7 Å². The van der Waals surface area contributed by atoms with Crippen molar-refractivity contribution >= 4 is 23.5 Å². The van der Waals surface area contributed by atoms with Gasteiger partial charge in [-0.25, -0.2) is 4.79 Å². The summed E-state index contributed by atoms with van der Waals surface area (Å²) in [6, 6.07) is 13.7. The van der Waals surface area contributed by atoms with Gasteiger partial charge in [0.15, 0.2) is 18.1 Å². The third-order valence-corrected chi connectivity index (χ3v) is 5.40. The first kappa shape index (κ1) is 26.2. The van der Waals surface area contributed by atoms with Crippen LogP contribution in [0.5, 0.6) is 0 Å². The fourth-order valence-corrected chi connectivity index (χ4v) is 3.58. The van der Waals surface area contributed by atoms with Crippen molar-refractivity contribution in [2.45, 2.75) is 52.4 Å². The molecule has 8 nitrogen and oxygen atoms in total. The first-order chi connectivity index (χ1) is 16.4. The van der Waals surface area contributed by atoms with Gasteiger partial charge < -0.3 is 24.0 Å². The van der Waals surface area contributed by atoms with Crippen LogP contribution < -0.4 is 11.6 Å². The summed E-state index contributed by atoms with van der Waals surface area (Å²) >= 11 is 6.09. The molecule has 0 fully saturated rings. The third kappa shape index (κ3) is 7.31. The summed E-state index contributed by atoms with van der Waals surface area (Å²) in [6.45, 7) is 6.35. The molecule has 0 aliphatic carbocycles. The van der Waals surface area contributed by atoms with Crippen LogP contribution in [0.3, 0.4) is 0 Å². The molecule has 3 rings (SSSR count). The Kier molecular flexibility index (Phi) is 8.19. The minimum Gasteiger partial charge on any atom is -0.460 e. The van der Waals surface area contributed by atoms with Crippen molar-refractivity contribution in [3.63, 3.8) is 0 Å². The molecule has 2 aromatic carbocycles. The lowest BCUT2D eigenvalue weighted by molar-refractivity contribution is -0.165. The maximum Gasteiger partial charge on any atom is 0.519 e. The standard InChI is InChI=1S/C26H28ClNO7/c1-15-21(34-25(31)33-15)14-32-24(30)22(28)20(23(29)35-26(2,3)4)12-16-8-10-17(11-9-16)18-6-5-7-19(27)13-18/h5-11,13,20,22H,12,14,28H2,1-4H3/t20?,22-/m1/s1. The van der Waals surface area contributed by atoms with Crippen molar-refractivity contribution in [1.82, 2.24) is 0 Å². The lowest BCUT2D eigenvalue weighted by atomic mass is 9.91. The van der Waals surface area contributed by atoms with Gasteiger partial charge in [-0.3, -0.25) is 9.59 Å². The van der Waals surface area contributed by atoms with Gasteiger partial charge in [0.1, 0.15) is 11.6 Å². The number of esters is 2. The van der Waals surface area contributed by atoms with Gasteiger partial charge in [-0.15, -0.1) is 0 Å². The molecule has 0 aliphatic rings. The van der Waals surface area contributed by atoms with Gasteiger partial charge in [0, 0.05) is 5.02 Å². The third-order valence-electron chi connectivity index (χ3n) is 5.16. The normalized spacial score (nSPS) is 13.2. The van der Waals surface area contributed by atoms with Crippen LogP contribution in [-0.4, -0.2) is 23.6 Å². The summed E-state index contributed by atoms with van der Waals surface area (Å²) in [5, 5.41) is 0.631. The SMILES string of the molecule is Cc1oc(=O)oc1COC(=O)[C@H](N)C(Cc1ccc(-c2cccc(Cl)c2)cc1)C(=O)OC(C)(C)C. The second-order valence-electron chi connectivity index (χ2n) is 9.12. The summed E-state index contributed by atoms with van der Waals surface area (Å²) < 4.78 is 20.3. The Balaban J connectivity index is 1.77. The number of carbonyl (C=O) groups is 2. The zero-order valence-corrected chi connectivity index (χ0v) is 20.8. The molecule has 0 amide bonds. The summed E-state index contributed by atoms with van der Waals surface area (Å²) in [5.74, 6) is -3.09. The Morgan fingerprint density at radius 1 is 1.03 bits per heavy atom. The number of halogens is 1. The topological polar surface area (TPSA) is 122 Å². The first-order valence-corrected chi connectivity index (χ1v) is 11.4. The number of benzene rings is 2. The number of hydrogen-bond acceptors (Lipinski definition) is 8. The molecule has 0 saturated carbocycles. The van der Waals surface area contributed by atoms with Gasteiger partial charge in [-0.2, -0.15) is 0 Å². The predicted molar refractivity (Wildman–Crippen MR) is 130 cm³/mol. The average Bonchev–Trinajstić information content (AvgIpc) is 3.11. The van der Waals surface area contributed by atoms with Gasteiger partial charge >= 0.3 is 17.8 Å². The Morgan fingerprint density at radius 2 is 1.71 bits per heavy atom. The van der Waals surface area contributed by atoms with Crippen LogP contribution in [0.4, 0.5) is 0 Å². The van der Waals surface area contributed by atoms with Crippen molar-refractivity contribution in [2.75, 3.05) is 0 Å². The summed E-state index contributed by atoms with van der Waals surface area (Å²) in [5.41, 5.74) is 8.08. The Morgan fingerprint density at radius 3 is 2.29 bits per heavy atom. The molecule has 35 heavy (non-hydrogen) atoms. The van der Waals surface area contributed by atoms with Gasteiger partial charge in [0.05, 0.1) is 5.92 Å². The molecule has 186 valence electrons. The van der Waals surface area contributed by atoms with E-state index in [1.165, 1.54) is 6.92 Å².